The lowest BCUT2D eigenvalue weighted by atomic mass is 10.0. The smallest absolute Gasteiger partial charge is 0.354 e. The molecule has 0 aliphatic carbocycles. The lowest BCUT2D eigenvalue weighted by molar-refractivity contribution is 0.120. The maximum Gasteiger partial charge on any atom is 0.354 e. The van der Waals surface area contributed by atoms with E-state index in [1.807, 2.05) is 24.3 Å². The number of hydrogen-bond donors (Lipinski definition) is 4. The summed E-state index contributed by atoms with van der Waals surface area (Å²) in [5.74, 6) is -0.472. The predicted molar refractivity (Wildman–Crippen MR) is 158 cm³/mol. The Balaban J connectivity index is 1.50. The molecule has 4 rings (SSSR count). The third kappa shape index (κ3) is 7.35. The second-order valence-corrected chi connectivity index (χ2v) is 9.90. The molecular formula is C29H33ClFN7O2. The van der Waals surface area contributed by atoms with E-state index in [9.17, 15) is 4.79 Å². The van der Waals surface area contributed by atoms with E-state index in [0.717, 1.165) is 24.0 Å². The summed E-state index contributed by atoms with van der Waals surface area (Å²) in [5.41, 5.74) is 19.7. The number of hydrogen-bond acceptors (Lipinski definition) is 5. The van der Waals surface area contributed by atoms with Crippen LogP contribution in [0, 0.1) is 5.82 Å². The number of aromatic amines is 1. The number of rotatable bonds is 13. The number of nitrogens with zero attached hydrogens (tertiary/aromatic N) is 3. The lowest BCUT2D eigenvalue weighted by Crippen LogP contribution is -2.23. The number of aromatic nitrogens is 3. The number of fused-ring (bicyclic) bond motifs is 1. The van der Waals surface area contributed by atoms with Crippen LogP contribution in [0.25, 0.3) is 28.0 Å². The molecule has 0 aliphatic heterocycles. The van der Waals surface area contributed by atoms with Gasteiger partial charge in [-0.1, -0.05) is 29.8 Å². The van der Waals surface area contributed by atoms with Crippen LogP contribution in [0.2, 0.25) is 5.02 Å². The SMILES string of the molecule is C=CC(N)CCCc1cc(Cl)c(F)c(-c2cc3cn(-c4ccc(COCCCN=C(N)N)cc4)c(=O)nc3[nH]2)c1. The Labute approximate surface area is 236 Å². The monoisotopic (exact) mass is 565 g/mol. The molecule has 11 heteroatoms. The molecule has 9 nitrogen and oxygen atoms in total. The molecule has 210 valence electrons. The molecule has 0 saturated heterocycles. The highest BCUT2D eigenvalue weighted by Gasteiger charge is 2.15. The van der Waals surface area contributed by atoms with E-state index in [2.05, 4.69) is 21.5 Å². The third-order valence-electron chi connectivity index (χ3n) is 6.42. The van der Waals surface area contributed by atoms with E-state index in [-0.39, 0.29) is 17.0 Å². The van der Waals surface area contributed by atoms with Crippen LogP contribution in [-0.2, 0) is 17.8 Å². The number of H-pyrrole nitrogens is 1. The van der Waals surface area contributed by atoms with Crippen LogP contribution in [0.3, 0.4) is 0 Å². The molecule has 2 aromatic carbocycles. The molecular weight excluding hydrogens is 533 g/mol. The normalized spacial score (nSPS) is 12.0. The minimum atomic E-state index is -0.538. The topological polar surface area (TPSA) is 150 Å². The summed E-state index contributed by atoms with van der Waals surface area (Å²) in [4.78, 5) is 24.0. The molecule has 0 amide bonds. The van der Waals surface area contributed by atoms with Gasteiger partial charge in [0.15, 0.2) is 11.8 Å². The average Bonchev–Trinajstić information content (AvgIpc) is 3.34. The molecule has 2 aromatic heterocycles. The molecule has 4 aromatic rings. The molecule has 1 unspecified atom stereocenters. The number of benzene rings is 2. The van der Waals surface area contributed by atoms with Gasteiger partial charge < -0.3 is 26.9 Å². The van der Waals surface area contributed by atoms with Crippen molar-refractivity contribution in [1.82, 2.24) is 14.5 Å². The Bertz CT molecular complexity index is 1560. The first kappa shape index (κ1) is 29.0. The van der Waals surface area contributed by atoms with Gasteiger partial charge in [0.25, 0.3) is 0 Å². The predicted octanol–water partition coefficient (Wildman–Crippen LogP) is 4.19. The summed E-state index contributed by atoms with van der Waals surface area (Å²) in [6.07, 6.45) is 6.37. The summed E-state index contributed by atoms with van der Waals surface area (Å²) in [7, 11) is 0. The maximum atomic E-state index is 15.0. The van der Waals surface area contributed by atoms with Crippen LogP contribution in [0.1, 0.15) is 30.4 Å². The molecule has 0 aliphatic rings. The van der Waals surface area contributed by atoms with Crippen molar-refractivity contribution in [2.24, 2.45) is 22.2 Å². The molecule has 1 atom stereocenters. The molecule has 0 bridgehead atoms. The number of nitrogens with two attached hydrogens (primary N) is 3. The second-order valence-electron chi connectivity index (χ2n) is 9.49. The summed E-state index contributed by atoms with van der Waals surface area (Å²) >= 11 is 6.22. The van der Waals surface area contributed by atoms with Crippen LogP contribution in [-0.4, -0.2) is 39.7 Å². The fourth-order valence-electron chi connectivity index (χ4n) is 4.29. The number of nitrogens with one attached hydrogen (secondary N) is 1. The van der Waals surface area contributed by atoms with Gasteiger partial charge in [-0.25, -0.2) is 9.18 Å². The van der Waals surface area contributed by atoms with Crippen LogP contribution < -0.4 is 22.9 Å². The first-order valence-electron chi connectivity index (χ1n) is 13.0. The number of ether oxygens (including phenoxy) is 1. The fourth-order valence-corrected chi connectivity index (χ4v) is 4.53. The Kier molecular flexibility index (Phi) is 9.70. The van der Waals surface area contributed by atoms with E-state index in [1.54, 1.807) is 30.5 Å². The number of guanidine groups is 1. The zero-order valence-corrected chi connectivity index (χ0v) is 22.8. The van der Waals surface area contributed by atoms with Gasteiger partial charge in [0, 0.05) is 36.3 Å². The minimum absolute atomic E-state index is 0.0320. The van der Waals surface area contributed by atoms with Crippen molar-refractivity contribution in [1.29, 1.82) is 0 Å². The van der Waals surface area contributed by atoms with Gasteiger partial charge >= 0.3 is 5.69 Å². The number of aryl methyl sites for hydroxylation is 1. The first-order valence-corrected chi connectivity index (χ1v) is 13.3. The molecule has 0 spiro atoms. The Morgan fingerprint density at radius 3 is 2.70 bits per heavy atom. The number of aliphatic imine (C=N–C) groups is 1. The molecule has 0 fully saturated rings. The molecule has 7 N–H and O–H groups in total. The molecule has 0 saturated carbocycles. The van der Waals surface area contributed by atoms with Gasteiger partial charge in [-0.15, -0.1) is 6.58 Å². The van der Waals surface area contributed by atoms with Crippen molar-refractivity contribution < 1.29 is 9.13 Å². The zero-order valence-electron chi connectivity index (χ0n) is 22.1. The van der Waals surface area contributed by atoms with Crippen LogP contribution >= 0.6 is 11.6 Å². The quantitative estimate of drug-likeness (QED) is 0.0826. The van der Waals surface area contributed by atoms with E-state index in [4.69, 9.17) is 33.5 Å². The van der Waals surface area contributed by atoms with E-state index in [1.165, 1.54) is 4.57 Å². The van der Waals surface area contributed by atoms with Gasteiger partial charge in [-0.2, -0.15) is 4.98 Å². The summed E-state index contributed by atoms with van der Waals surface area (Å²) in [5, 5.41) is 0.685. The van der Waals surface area contributed by atoms with E-state index < -0.39 is 11.5 Å². The van der Waals surface area contributed by atoms with Crippen LogP contribution in [0.4, 0.5) is 4.39 Å². The fraction of sp³-hybridized carbons (Fsp3) is 0.276. The van der Waals surface area contributed by atoms with Crippen molar-refractivity contribution in [3.8, 4) is 16.9 Å². The van der Waals surface area contributed by atoms with Gasteiger partial charge in [0.05, 0.1) is 23.0 Å². The summed E-state index contributed by atoms with van der Waals surface area (Å²) < 4.78 is 22.1. The van der Waals surface area contributed by atoms with Crippen molar-refractivity contribution >= 4 is 28.6 Å². The summed E-state index contributed by atoms with van der Waals surface area (Å²) in [6, 6.07) is 12.5. The lowest BCUT2D eigenvalue weighted by Gasteiger charge is -2.09. The van der Waals surface area contributed by atoms with Crippen molar-refractivity contribution in [2.75, 3.05) is 13.2 Å². The van der Waals surface area contributed by atoms with Gasteiger partial charge in [-0.3, -0.25) is 9.56 Å². The highest BCUT2D eigenvalue weighted by atomic mass is 35.5. The molecule has 40 heavy (non-hydrogen) atoms. The second kappa shape index (κ2) is 13.4. The Morgan fingerprint density at radius 2 is 1.98 bits per heavy atom. The van der Waals surface area contributed by atoms with Crippen LogP contribution in [0.15, 0.2) is 71.1 Å². The highest BCUT2D eigenvalue weighted by molar-refractivity contribution is 6.31. The Hall–Kier alpha value is -3.99. The van der Waals surface area contributed by atoms with Crippen molar-refractivity contribution in [3.05, 3.63) is 93.8 Å². The van der Waals surface area contributed by atoms with Crippen LogP contribution in [0.5, 0.6) is 0 Å². The maximum absolute atomic E-state index is 15.0. The zero-order chi connectivity index (χ0) is 28.6. The highest BCUT2D eigenvalue weighted by Crippen LogP contribution is 2.31. The standard InChI is InChI=1S/C29H33ClFN7O2/c1-2-21(32)6-3-5-19-13-23(26(31)24(30)14-19)25-15-20-16-38(29(39)37-27(20)36-25)22-9-7-18(8-10-22)17-40-12-4-11-35-28(33)34/h2,7-10,13-16,21H,1,3-6,11-12,17,32H2,(H4,33,34,35)(H,36,37,39). The minimum Gasteiger partial charge on any atom is -0.377 e. The molecule has 0 radical (unpaired) electrons. The third-order valence-corrected chi connectivity index (χ3v) is 6.69. The Morgan fingerprint density at radius 1 is 1.20 bits per heavy atom. The number of halogens is 2. The average molecular weight is 566 g/mol. The van der Waals surface area contributed by atoms with Crippen molar-refractivity contribution in [2.45, 2.75) is 38.3 Å². The van der Waals surface area contributed by atoms with E-state index >= 15 is 4.39 Å². The van der Waals surface area contributed by atoms with E-state index in [0.29, 0.717) is 60.6 Å². The van der Waals surface area contributed by atoms with Crippen molar-refractivity contribution in [3.63, 3.8) is 0 Å². The first-order chi connectivity index (χ1) is 19.2. The van der Waals surface area contributed by atoms with Gasteiger partial charge in [-0.05, 0) is 67.1 Å². The largest absolute Gasteiger partial charge is 0.377 e. The van der Waals surface area contributed by atoms with Gasteiger partial charge in [0.2, 0.25) is 0 Å². The summed E-state index contributed by atoms with van der Waals surface area (Å²) in [6.45, 7) is 5.15. The van der Waals surface area contributed by atoms with Gasteiger partial charge in [0.1, 0.15) is 5.65 Å². The molecule has 2 heterocycles.